The van der Waals surface area contributed by atoms with Crippen LogP contribution >= 0.6 is 24.0 Å². The Kier molecular flexibility index (Phi) is 14.7. The number of nitrogens with zero attached hydrogens (tertiary/aromatic N) is 1. The van der Waals surface area contributed by atoms with E-state index < -0.39 is 11.7 Å². The van der Waals surface area contributed by atoms with Crippen LogP contribution in [0.5, 0.6) is 0 Å². The molecule has 3 N–H and O–H groups in total. The van der Waals surface area contributed by atoms with E-state index in [-0.39, 0.29) is 30.1 Å². The fraction of sp³-hybridized carbons (Fsp3) is 0.889. The van der Waals surface area contributed by atoms with Crippen molar-refractivity contribution < 1.29 is 19.0 Å². The van der Waals surface area contributed by atoms with Crippen molar-refractivity contribution in [3.63, 3.8) is 0 Å². The van der Waals surface area contributed by atoms with Crippen LogP contribution in [0, 0.1) is 0 Å². The molecule has 0 bridgehead atoms. The van der Waals surface area contributed by atoms with Gasteiger partial charge in [-0.2, -0.15) is 0 Å². The molecule has 1 unspecified atom stereocenters. The van der Waals surface area contributed by atoms with Crippen LogP contribution in [0.4, 0.5) is 4.79 Å². The Bertz CT molecular complexity index is 424. The topological polar surface area (TPSA) is 93.2 Å². The minimum absolute atomic E-state index is 0. The van der Waals surface area contributed by atoms with Crippen LogP contribution in [0.15, 0.2) is 4.99 Å². The second kappa shape index (κ2) is 15.2. The average molecular weight is 500 g/mol. The molecule has 160 valence electrons. The Morgan fingerprint density at radius 2 is 1.96 bits per heavy atom. The highest BCUT2D eigenvalue weighted by Gasteiger charge is 2.16. The number of aliphatic imine (C=N–C) groups is 1. The van der Waals surface area contributed by atoms with E-state index in [1.807, 2.05) is 27.7 Å². The maximum Gasteiger partial charge on any atom is 0.407 e. The fourth-order valence-electron chi connectivity index (χ4n) is 2.35. The third-order valence-electron chi connectivity index (χ3n) is 3.47. The Morgan fingerprint density at radius 3 is 2.59 bits per heavy atom. The first-order chi connectivity index (χ1) is 12.4. The first kappa shape index (κ1) is 26.2. The number of hydrogen-bond acceptors (Lipinski definition) is 5. The van der Waals surface area contributed by atoms with Gasteiger partial charge in [0.2, 0.25) is 0 Å². The largest absolute Gasteiger partial charge is 0.444 e. The Hall–Kier alpha value is -0.810. The van der Waals surface area contributed by atoms with Crippen molar-refractivity contribution in [1.82, 2.24) is 16.0 Å². The van der Waals surface area contributed by atoms with Gasteiger partial charge in [0.25, 0.3) is 0 Å². The number of guanidine groups is 1. The van der Waals surface area contributed by atoms with Gasteiger partial charge < -0.3 is 30.2 Å². The van der Waals surface area contributed by atoms with Crippen LogP contribution in [0.1, 0.15) is 47.0 Å². The Morgan fingerprint density at radius 1 is 1.22 bits per heavy atom. The molecule has 0 aliphatic carbocycles. The molecule has 1 amide bonds. The van der Waals surface area contributed by atoms with Crippen molar-refractivity contribution in [3.8, 4) is 0 Å². The predicted octanol–water partition coefficient (Wildman–Crippen LogP) is 2.27. The van der Waals surface area contributed by atoms with Crippen molar-refractivity contribution in [3.05, 3.63) is 0 Å². The van der Waals surface area contributed by atoms with Gasteiger partial charge in [0.1, 0.15) is 5.60 Å². The summed E-state index contributed by atoms with van der Waals surface area (Å²) in [5.41, 5.74) is -0.486. The molecule has 1 saturated heterocycles. The number of amides is 1. The molecule has 0 aromatic carbocycles. The number of hydrogen-bond donors (Lipinski definition) is 3. The zero-order valence-electron chi connectivity index (χ0n) is 17.1. The number of nitrogens with one attached hydrogen (secondary N) is 3. The molecule has 0 radical (unpaired) electrons. The lowest BCUT2D eigenvalue weighted by Gasteiger charge is -2.19. The molecule has 0 aromatic rings. The highest BCUT2D eigenvalue weighted by Crippen LogP contribution is 2.11. The third kappa shape index (κ3) is 14.9. The summed E-state index contributed by atoms with van der Waals surface area (Å²) in [4.78, 5) is 16.1. The molecule has 1 aliphatic heterocycles. The second-order valence-electron chi connectivity index (χ2n) is 7.18. The van der Waals surface area contributed by atoms with E-state index in [2.05, 4.69) is 20.9 Å². The average Bonchev–Trinajstić information content (AvgIpc) is 3.06. The number of carbonyl (C=O) groups is 1. The summed E-state index contributed by atoms with van der Waals surface area (Å²) < 4.78 is 16.3. The van der Waals surface area contributed by atoms with Gasteiger partial charge in [0.15, 0.2) is 5.96 Å². The molecule has 0 spiro atoms. The van der Waals surface area contributed by atoms with Gasteiger partial charge in [0, 0.05) is 39.4 Å². The molecule has 8 nitrogen and oxygen atoms in total. The number of rotatable bonds is 10. The van der Waals surface area contributed by atoms with Crippen LogP contribution in [-0.4, -0.2) is 69.8 Å². The van der Waals surface area contributed by atoms with E-state index >= 15 is 0 Å². The van der Waals surface area contributed by atoms with Gasteiger partial charge in [-0.3, -0.25) is 4.99 Å². The van der Waals surface area contributed by atoms with Crippen LogP contribution in [0.3, 0.4) is 0 Å². The van der Waals surface area contributed by atoms with Crippen molar-refractivity contribution in [1.29, 1.82) is 0 Å². The number of alkyl carbamates (subject to hydrolysis) is 1. The summed E-state index contributed by atoms with van der Waals surface area (Å²) >= 11 is 0. The monoisotopic (exact) mass is 500 g/mol. The summed E-state index contributed by atoms with van der Waals surface area (Å²) in [7, 11) is 0. The van der Waals surface area contributed by atoms with E-state index in [4.69, 9.17) is 14.2 Å². The molecule has 0 saturated carbocycles. The van der Waals surface area contributed by atoms with Crippen molar-refractivity contribution >= 4 is 36.0 Å². The van der Waals surface area contributed by atoms with E-state index in [0.717, 1.165) is 38.4 Å². The van der Waals surface area contributed by atoms with Crippen molar-refractivity contribution in [2.75, 3.05) is 46.0 Å². The molecule has 1 rings (SSSR count). The van der Waals surface area contributed by atoms with Gasteiger partial charge in [-0.05, 0) is 47.0 Å². The molecule has 9 heteroatoms. The lowest BCUT2D eigenvalue weighted by atomic mass is 10.2. The third-order valence-corrected chi connectivity index (χ3v) is 3.47. The quantitative estimate of drug-likeness (QED) is 0.185. The molecule has 1 heterocycles. The first-order valence-corrected chi connectivity index (χ1v) is 9.59. The molecular weight excluding hydrogens is 463 g/mol. The normalized spacial score (nSPS) is 17.2. The highest BCUT2D eigenvalue weighted by atomic mass is 127. The van der Waals surface area contributed by atoms with Crippen molar-refractivity contribution in [2.45, 2.75) is 58.7 Å². The SMILES string of the molecule is CCNC(=NCCCOCC1CCCO1)NCCNC(=O)OC(C)(C)C.I. The molecule has 1 atom stereocenters. The summed E-state index contributed by atoms with van der Waals surface area (Å²) in [6.45, 7) is 12.2. The summed E-state index contributed by atoms with van der Waals surface area (Å²) in [6.07, 6.45) is 2.96. The minimum Gasteiger partial charge on any atom is -0.444 e. The van der Waals surface area contributed by atoms with Gasteiger partial charge in [0.05, 0.1) is 12.7 Å². The maximum absolute atomic E-state index is 11.6. The lowest BCUT2D eigenvalue weighted by Crippen LogP contribution is -2.42. The summed E-state index contributed by atoms with van der Waals surface area (Å²) in [6, 6.07) is 0. The van der Waals surface area contributed by atoms with E-state index in [1.165, 1.54) is 0 Å². The van der Waals surface area contributed by atoms with Gasteiger partial charge in [-0.1, -0.05) is 0 Å². The number of carbonyl (C=O) groups excluding carboxylic acids is 1. The van der Waals surface area contributed by atoms with Crippen LogP contribution in [-0.2, 0) is 14.2 Å². The highest BCUT2D eigenvalue weighted by molar-refractivity contribution is 14.0. The number of ether oxygens (including phenoxy) is 3. The predicted molar refractivity (Wildman–Crippen MR) is 118 cm³/mol. The van der Waals surface area contributed by atoms with Gasteiger partial charge in [-0.15, -0.1) is 24.0 Å². The summed E-state index contributed by atoms with van der Waals surface area (Å²) in [5.74, 6) is 0.734. The van der Waals surface area contributed by atoms with Crippen LogP contribution in [0.25, 0.3) is 0 Å². The lowest BCUT2D eigenvalue weighted by molar-refractivity contribution is 0.0171. The van der Waals surface area contributed by atoms with Gasteiger partial charge in [-0.25, -0.2) is 4.79 Å². The molecule has 27 heavy (non-hydrogen) atoms. The van der Waals surface area contributed by atoms with E-state index in [0.29, 0.717) is 32.8 Å². The summed E-state index contributed by atoms with van der Waals surface area (Å²) in [5, 5.41) is 9.07. The molecule has 0 aromatic heterocycles. The Labute approximate surface area is 180 Å². The zero-order valence-corrected chi connectivity index (χ0v) is 19.5. The fourth-order valence-corrected chi connectivity index (χ4v) is 2.35. The second-order valence-corrected chi connectivity index (χ2v) is 7.18. The Balaban J connectivity index is 0.00000676. The van der Waals surface area contributed by atoms with Crippen LogP contribution in [0.2, 0.25) is 0 Å². The maximum atomic E-state index is 11.6. The van der Waals surface area contributed by atoms with Crippen LogP contribution < -0.4 is 16.0 Å². The smallest absolute Gasteiger partial charge is 0.407 e. The van der Waals surface area contributed by atoms with E-state index in [1.54, 1.807) is 0 Å². The molecule has 1 fully saturated rings. The molecule has 1 aliphatic rings. The zero-order chi connectivity index (χ0) is 19.3. The van der Waals surface area contributed by atoms with Gasteiger partial charge >= 0.3 is 6.09 Å². The first-order valence-electron chi connectivity index (χ1n) is 9.59. The molecular formula is C18H37IN4O4. The standard InChI is InChI=1S/C18H36N4O4.HI/c1-5-19-16(21-10-11-22-17(23)26-18(2,3)4)20-9-7-12-24-14-15-8-6-13-25-15;/h15H,5-14H2,1-4H3,(H,22,23)(H2,19,20,21);1H. The number of halogens is 1. The minimum atomic E-state index is -0.486. The van der Waals surface area contributed by atoms with Crippen molar-refractivity contribution in [2.24, 2.45) is 4.99 Å². The van der Waals surface area contributed by atoms with E-state index in [9.17, 15) is 4.79 Å².